The Morgan fingerprint density at radius 1 is 0.895 bits per heavy atom. The Labute approximate surface area is 221 Å². The van der Waals surface area contributed by atoms with Crippen LogP contribution in [0, 0.1) is 5.82 Å². The summed E-state index contributed by atoms with van der Waals surface area (Å²) >= 11 is 0. The molecular weight excluding hydrogens is 485 g/mol. The minimum Gasteiger partial charge on any atom is -0.355 e. The van der Waals surface area contributed by atoms with E-state index in [-0.39, 0.29) is 56.0 Å². The van der Waals surface area contributed by atoms with Crippen LogP contribution in [0.1, 0.15) is 51.6 Å². The van der Waals surface area contributed by atoms with Gasteiger partial charge in [-0.2, -0.15) is 0 Å². The monoisotopic (exact) mass is 515 g/mol. The number of nitrogens with zero attached hydrogens (tertiary/aromatic N) is 2. The van der Waals surface area contributed by atoms with Crippen LogP contribution in [0.3, 0.4) is 0 Å². The van der Waals surface area contributed by atoms with Crippen LogP contribution in [0.4, 0.5) is 4.39 Å². The normalized spacial score (nSPS) is 13.3. The number of hydrogen-bond donors (Lipinski definition) is 1. The Morgan fingerprint density at radius 3 is 2.13 bits per heavy atom. The molecule has 1 aliphatic rings. The van der Waals surface area contributed by atoms with Gasteiger partial charge in [-0.25, -0.2) is 4.39 Å². The number of nitrogens with one attached hydrogen (secondary N) is 1. The smallest absolute Gasteiger partial charge is 0.261 e. The first-order valence-electron chi connectivity index (χ1n) is 12.7. The number of imide groups is 1. The van der Waals surface area contributed by atoms with Gasteiger partial charge in [-0.15, -0.1) is 0 Å². The number of benzene rings is 3. The van der Waals surface area contributed by atoms with E-state index < -0.39 is 11.9 Å². The standard InChI is InChI=1S/C30H30FN3O4/c1-2-32-28(36)26(19-21-11-4-3-5-12-21)34(20-22-13-6-9-16-25(22)31)27(35)17-10-18-33-29(37)23-14-7-8-15-24(23)30(33)38/h3-9,11-16,26H,2,10,17-20H2,1H3,(H,32,36). The first-order valence-corrected chi connectivity index (χ1v) is 12.7. The highest BCUT2D eigenvalue weighted by Gasteiger charge is 2.35. The Kier molecular flexibility index (Phi) is 8.63. The fourth-order valence-electron chi connectivity index (χ4n) is 4.63. The number of carbonyl (C=O) groups excluding carboxylic acids is 4. The van der Waals surface area contributed by atoms with Crippen molar-refractivity contribution in [1.29, 1.82) is 0 Å². The number of halogens is 1. The van der Waals surface area contributed by atoms with Gasteiger partial charge in [0.15, 0.2) is 0 Å². The number of rotatable bonds is 11. The zero-order chi connectivity index (χ0) is 27.1. The van der Waals surface area contributed by atoms with E-state index in [9.17, 15) is 23.6 Å². The van der Waals surface area contributed by atoms with Crippen LogP contribution in [0.5, 0.6) is 0 Å². The summed E-state index contributed by atoms with van der Waals surface area (Å²) in [6, 6.07) is 21.2. The third-order valence-corrected chi connectivity index (χ3v) is 6.57. The molecule has 8 heteroatoms. The first-order chi connectivity index (χ1) is 18.4. The summed E-state index contributed by atoms with van der Waals surface area (Å²) in [7, 11) is 0. The maximum Gasteiger partial charge on any atom is 0.261 e. The third-order valence-electron chi connectivity index (χ3n) is 6.57. The van der Waals surface area contributed by atoms with E-state index in [1.54, 1.807) is 49.4 Å². The van der Waals surface area contributed by atoms with Gasteiger partial charge >= 0.3 is 0 Å². The molecule has 0 aromatic heterocycles. The van der Waals surface area contributed by atoms with E-state index in [4.69, 9.17) is 0 Å². The molecule has 0 spiro atoms. The van der Waals surface area contributed by atoms with Crippen molar-refractivity contribution < 1.29 is 23.6 Å². The van der Waals surface area contributed by atoms with Crippen LogP contribution in [0.25, 0.3) is 0 Å². The number of fused-ring (bicyclic) bond motifs is 1. The summed E-state index contributed by atoms with van der Waals surface area (Å²) in [4.78, 5) is 54.7. The molecule has 1 aliphatic heterocycles. The molecule has 0 bridgehead atoms. The van der Waals surface area contributed by atoms with E-state index in [0.29, 0.717) is 23.2 Å². The maximum absolute atomic E-state index is 14.6. The second-order valence-electron chi connectivity index (χ2n) is 9.12. The Hall–Kier alpha value is -4.33. The largest absolute Gasteiger partial charge is 0.355 e. The molecule has 196 valence electrons. The van der Waals surface area contributed by atoms with E-state index in [2.05, 4.69) is 5.32 Å². The van der Waals surface area contributed by atoms with Crippen molar-refractivity contribution in [2.45, 2.75) is 38.8 Å². The maximum atomic E-state index is 14.6. The molecule has 1 atom stereocenters. The molecule has 4 rings (SSSR count). The Balaban J connectivity index is 1.53. The summed E-state index contributed by atoms with van der Waals surface area (Å²) in [5, 5.41) is 2.80. The molecule has 4 amide bonds. The van der Waals surface area contributed by atoms with E-state index in [1.165, 1.54) is 11.0 Å². The third kappa shape index (κ3) is 5.96. The van der Waals surface area contributed by atoms with Gasteiger partial charge in [-0.1, -0.05) is 60.7 Å². The summed E-state index contributed by atoms with van der Waals surface area (Å²) in [5.74, 6) is -1.93. The summed E-state index contributed by atoms with van der Waals surface area (Å²) in [5.41, 5.74) is 1.86. The molecule has 7 nitrogen and oxygen atoms in total. The number of amides is 4. The fourth-order valence-corrected chi connectivity index (χ4v) is 4.63. The number of likely N-dealkylation sites (N-methyl/N-ethyl adjacent to an activating group) is 1. The van der Waals surface area contributed by atoms with Gasteiger partial charge < -0.3 is 10.2 Å². The van der Waals surface area contributed by atoms with E-state index in [1.807, 2.05) is 30.3 Å². The molecule has 0 aliphatic carbocycles. The lowest BCUT2D eigenvalue weighted by atomic mass is 10.0. The zero-order valence-electron chi connectivity index (χ0n) is 21.2. The minimum atomic E-state index is -0.872. The van der Waals surface area contributed by atoms with Crippen molar-refractivity contribution >= 4 is 23.6 Å². The van der Waals surface area contributed by atoms with Crippen LogP contribution >= 0.6 is 0 Å². The number of hydrogen-bond acceptors (Lipinski definition) is 4. The quantitative estimate of drug-likeness (QED) is 0.392. The second kappa shape index (κ2) is 12.3. The van der Waals surface area contributed by atoms with Crippen LogP contribution in [-0.2, 0) is 22.6 Å². The summed E-state index contributed by atoms with van der Waals surface area (Å²) < 4.78 is 14.6. The molecule has 1 N–H and O–H groups in total. The van der Waals surface area contributed by atoms with Gasteiger partial charge in [0.25, 0.3) is 11.8 Å². The van der Waals surface area contributed by atoms with Crippen molar-refractivity contribution in [2.75, 3.05) is 13.1 Å². The van der Waals surface area contributed by atoms with E-state index in [0.717, 1.165) is 10.5 Å². The van der Waals surface area contributed by atoms with E-state index >= 15 is 0 Å². The van der Waals surface area contributed by atoms with Gasteiger partial charge in [0, 0.05) is 38.0 Å². The van der Waals surface area contributed by atoms with Crippen molar-refractivity contribution in [1.82, 2.24) is 15.1 Å². The highest BCUT2D eigenvalue weighted by molar-refractivity contribution is 6.21. The minimum absolute atomic E-state index is 0.0213. The number of carbonyl (C=O) groups is 4. The topological polar surface area (TPSA) is 86.8 Å². The molecule has 3 aromatic carbocycles. The van der Waals surface area contributed by atoms with Crippen molar-refractivity contribution in [2.24, 2.45) is 0 Å². The van der Waals surface area contributed by atoms with Gasteiger partial charge in [-0.05, 0) is 37.1 Å². The molecule has 1 heterocycles. The first kappa shape index (κ1) is 26.7. The van der Waals surface area contributed by atoms with Gasteiger partial charge in [-0.3, -0.25) is 24.1 Å². The van der Waals surface area contributed by atoms with Gasteiger partial charge in [0.05, 0.1) is 11.1 Å². The average Bonchev–Trinajstić information content (AvgIpc) is 3.17. The zero-order valence-corrected chi connectivity index (χ0v) is 21.2. The summed E-state index contributed by atoms with van der Waals surface area (Å²) in [6.07, 6.45) is 0.448. The Morgan fingerprint density at radius 2 is 1.50 bits per heavy atom. The van der Waals surface area contributed by atoms with Crippen LogP contribution in [-0.4, -0.2) is 52.6 Å². The molecule has 38 heavy (non-hydrogen) atoms. The lowest BCUT2D eigenvalue weighted by Gasteiger charge is -2.32. The molecule has 0 saturated carbocycles. The van der Waals surface area contributed by atoms with Crippen molar-refractivity contribution in [3.63, 3.8) is 0 Å². The van der Waals surface area contributed by atoms with Crippen molar-refractivity contribution in [3.05, 3.63) is 107 Å². The summed E-state index contributed by atoms with van der Waals surface area (Å²) in [6.45, 7) is 2.15. The Bertz CT molecular complexity index is 1290. The molecular formula is C30H30FN3O4. The highest BCUT2D eigenvalue weighted by Crippen LogP contribution is 2.23. The SMILES string of the molecule is CCNC(=O)C(Cc1ccccc1)N(Cc1ccccc1F)C(=O)CCCN1C(=O)c2ccccc2C1=O. The van der Waals surface area contributed by atoms with Crippen LogP contribution in [0.15, 0.2) is 78.9 Å². The molecule has 0 fully saturated rings. The fraction of sp³-hybridized carbons (Fsp3) is 0.267. The second-order valence-corrected chi connectivity index (χ2v) is 9.12. The van der Waals surface area contributed by atoms with Crippen molar-refractivity contribution in [3.8, 4) is 0 Å². The van der Waals surface area contributed by atoms with Gasteiger partial charge in [0.1, 0.15) is 11.9 Å². The van der Waals surface area contributed by atoms with Gasteiger partial charge in [0.2, 0.25) is 11.8 Å². The lowest BCUT2D eigenvalue weighted by Crippen LogP contribution is -2.50. The molecule has 0 radical (unpaired) electrons. The highest BCUT2D eigenvalue weighted by atomic mass is 19.1. The van der Waals surface area contributed by atoms with Crippen LogP contribution in [0.2, 0.25) is 0 Å². The molecule has 3 aromatic rings. The molecule has 0 saturated heterocycles. The molecule has 1 unspecified atom stereocenters. The predicted octanol–water partition coefficient (Wildman–Crippen LogP) is 3.98. The average molecular weight is 516 g/mol. The lowest BCUT2D eigenvalue weighted by molar-refractivity contribution is -0.141. The predicted molar refractivity (Wildman–Crippen MR) is 141 cm³/mol. The van der Waals surface area contributed by atoms with Crippen LogP contribution < -0.4 is 5.32 Å².